The Kier molecular flexibility index (Phi) is 10.8. The average Bonchev–Trinajstić information content (AvgIpc) is 1.97. The molecule has 66 valence electrons. The molecule has 1 atom stereocenters. The van der Waals surface area contributed by atoms with Crippen LogP contribution in [0.25, 0.3) is 0 Å². The minimum absolute atomic E-state index is 0. The van der Waals surface area contributed by atoms with Crippen molar-refractivity contribution in [3.63, 3.8) is 0 Å². The van der Waals surface area contributed by atoms with Gasteiger partial charge in [-0.1, -0.05) is 0 Å². The number of guanidine groups is 1. The van der Waals surface area contributed by atoms with E-state index in [1.54, 1.807) is 0 Å². The van der Waals surface area contributed by atoms with Crippen molar-refractivity contribution in [3.8, 4) is 0 Å². The number of carbonyl (C=O) groups excluding carboxylic acids is 1. The minimum atomic E-state index is -0.385. The molecule has 0 aromatic rings. The molecule has 0 aromatic carbocycles. The zero-order valence-electron chi connectivity index (χ0n) is 6.34. The van der Waals surface area contributed by atoms with E-state index in [2.05, 4.69) is 5.32 Å². The van der Waals surface area contributed by atoms with E-state index in [4.69, 9.17) is 16.9 Å². The molecule has 12 heavy (non-hydrogen) atoms. The summed E-state index contributed by atoms with van der Waals surface area (Å²) in [5.74, 6) is -0.0512. The molecule has 0 fully saturated rings. The summed E-state index contributed by atoms with van der Waals surface area (Å²) in [5, 5.41) is 9.41. The first-order chi connectivity index (χ1) is 5.16. The molecule has 0 unspecified atom stereocenters. The standard InChI is InChI=1S/C6H14N4O.Na.H/c7-5(4-11)2-1-3-10-6(8)9;;/h4-5H,1-3,7H2,(H4,8,9,10);;/t5-;;/m0../s1. The summed E-state index contributed by atoms with van der Waals surface area (Å²) in [6.07, 6.45) is 2.09. The SMILES string of the molecule is N=C(N)NCCC[C@H](N)C=O.[NaH]. The molecular weight excluding hydrogens is 167 g/mol. The predicted molar refractivity (Wildman–Crippen MR) is 50.3 cm³/mol. The molecule has 0 saturated carbocycles. The van der Waals surface area contributed by atoms with Crippen LogP contribution in [0.4, 0.5) is 0 Å². The molecule has 0 radical (unpaired) electrons. The zero-order chi connectivity index (χ0) is 8.69. The Balaban J connectivity index is 0. The fourth-order valence-electron chi connectivity index (χ4n) is 0.629. The Morgan fingerprint density at radius 2 is 2.25 bits per heavy atom. The summed E-state index contributed by atoms with van der Waals surface area (Å²) in [6, 6.07) is -0.385. The maximum atomic E-state index is 10.0. The summed E-state index contributed by atoms with van der Waals surface area (Å²) in [4.78, 5) is 10.0. The van der Waals surface area contributed by atoms with Crippen molar-refractivity contribution in [3.05, 3.63) is 0 Å². The van der Waals surface area contributed by atoms with E-state index >= 15 is 0 Å². The number of nitrogens with two attached hydrogens (primary N) is 2. The fourth-order valence-corrected chi connectivity index (χ4v) is 0.629. The van der Waals surface area contributed by atoms with Crippen LogP contribution in [0.1, 0.15) is 12.8 Å². The number of nitrogens with one attached hydrogen (secondary N) is 2. The van der Waals surface area contributed by atoms with Crippen LogP contribution >= 0.6 is 0 Å². The van der Waals surface area contributed by atoms with Crippen LogP contribution in [-0.4, -0.2) is 54.4 Å². The summed E-state index contributed by atoms with van der Waals surface area (Å²) in [5.41, 5.74) is 10.3. The molecule has 0 aliphatic heterocycles. The first-order valence-corrected chi connectivity index (χ1v) is 3.45. The maximum absolute atomic E-state index is 10.0. The fraction of sp³-hybridized carbons (Fsp3) is 0.667. The Morgan fingerprint density at radius 3 is 2.67 bits per heavy atom. The van der Waals surface area contributed by atoms with Gasteiger partial charge in [-0.15, -0.1) is 0 Å². The second-order valence-electron chi connectivity index (χ2n) is 2.28. The van der Waals surface area contributed by atoms with E-state index in [0.29, 0.717) is 19.3 Å². The third kappa shape index (κ3) is 9.90. The first kappa shape index (κ1) is 14.4. The van der Waals surface area contributed by atoms with Crippen molar-refractivity contribution >= 4 is 41.8 Å². The van der Waals surface area contributed by atoms with Crippen LogP contribution in [0, 0.1) is 5.41 Å². The molecule has 5 nitrogen and oxygen atoms in total. The van der Waals surface area contributed by atoms with E-state index in [9.17, 15) is 4.79 Å². The summed E-state index contributed by atoms with van der Waals surface area (Å²) >= 11 is 0. The molecule has 6 heteroatoms. The van der Waals surface area contributed by atoms with Crippen LogP contribution in [0.2, 0.25) is 0 Å². The number of hydrogen-bond acceptors (Lipinski definition) is 3. The Morgan fingerprint density at radius 1 is 1.67 bits per heavy atom. The Bertz CT molecular complexity index is 142. The van der Waals surface area contributed by atoms with Gasteiger partial charge in [0.15, 0.2) is 5.96 Å². The molecule has 0 spiro atoms. The van der Waals surface area contributed by atoms with Gasteiger partial charge in [-0.3, -0.25) is 5.41 Å². The predicted octanol–water partition coefficient (Wildman–Crippen LogP) is -1.87. The van der Waals surface area contributed by atoms with E-state index in [1.807, 2.05) is 0 Å². The van der Waals surface area contributed by atoms with E-state index in [0.717, 1.165) is 6.42 Å². The quantitative estimate of drug-likeness (QED) is 0.131. The number of carbonyl (C=O) groups is 1. The third-order valence-corrected chi connectivity index (χ3v) is 1.20. The molecule has 0 heterocycles. The number of hydrogen-bond donors (Lipinski definition) is 4. The normalized spacial score (nSPS) is 11.1. The van der Waals surface area contributed by atoms with Crippen LogP contribution in [0.15, 0.2) is 0 Å². The molecule has 0 aromatic heterocycles. The van der Waals surface area contributed by atoms with Crippen molar-refractivity contribution in [1.29, 1.82) is 5.41 Å². The van der Waals surface area contributed by atoms with Gasteiger partial charge in [0.2, 0.25) is 0 Å². The number of rotatable bonds is 5. The van der Waals surface area contributed by atoms with Crippen molar-refractivity contribution in [2.75, 3.05) is 6.54 Å². The van der Waals surface area contributed by atoms with E-state index < -0.39 is 0 Å². The van der Waals surface area contributed by atoms with Crippen LogP contribution in [0.5, 0.6) is 0 Å². The zero-order valence-corrected chi connectivity index (χ0v) is 6.34. The van der Waals surface area contributed by atoms with Gasteiger partial charge in [-0.05, 0) is 12.8 Å². The van der Waals surface area contributed by atoms with Gasteiger partial charge >= 0.3 is 29.6 Å². The van der Waals surface area contributed by atoms with Crippen molar-refractivity contribution in [1.82, 2.24) is 5.32 Å². The van der Waals surface area contributed by atoms with Gasteiger partial charge in [0.05, 0.1) is 6.04 Å². The van der Waals surface area contributed by atoms with Crippen LogP contribution in [0.3, 0.4) is 0 Å². The second kappa shape index (κ2) is 8.99. The van der Waals surface area contributed by atoms with Crippen molar-refractivity contribution < 1.29 is 4.79 Å². The van der Waals surface area contributed by atoms with E-state index in [-0.39, 0.29) is 41.6 Å². The molecule has 0 aliphatic rings. The molecule has 6 N–H and O–H groups in total. The Labute approximate surface area is 94.1 Å². The van der Waals surface area contributed by atoms with E-state index in [1.165, 1.54) is 0 Å². The van der Waals surface area contributed by atoms with Crippen molar-refractivity contribution in [2.24, 2.45) is 11.5 Å². The molecule has 0 saturated heterocycles. The van der Waals surface area contributed by atoms with Gasteiger partial charge in [0.1, 0.15) is 6.29 Å². The van der Waals surface area contributed by atoms with Crippen LogP contribution in [-0.2, 0) is 4.79 Å². The van der Waals surface area contributed by atoms with Crippen LogP contribution < -0.4 is 16.8 Å². The summed E-state index contributed by atoms with van der Waals surface area (Å²) < 4.78 is 0. The van der Waals surface area contributed by atoms with Crippen molar-refractivity contribution in [2.45, 2.75) is 18.9 Å². The Hall–Kier alpha value is -0.100. The van der Waals surface area contributed by atoms with Gasteiger partial charge in [-0.25, -0.2) is 0 Å². The van der Waals surface area contributed by atoms with Gasteiger partial charge in [0.25, 0.3) is 0 Å². The van der Waals surface area contributed by atoms with Gasteiger partial charge < -0.3 is 21.6 Å². The summed E-state index contributed by atoms with van der Waals surface area (Å²) in [6.45, 7) is 0.594. The molecule has 0 rings (SSSR count). The average molecular weight is 182 g/mol. The monoisotopic (exact) mass is 182 g/mol. The third-order valence-electron chi connectivity index (χ3n) is 1.20. The number of aldehydes is 1. The van der Waals surface area contributed by atoms with Gasteiger partial charge in [-0.2, -0.15) is 0 Å². The van der Waals surface area contributed by atoms with Gasteiger partial charge in [0, 0.05) is 6.54 Å². The molecule has 0 bridgehead atoms. The summed E-state index contributed by atoms with van der Waals surface area (Å²) in [7, 11) is 0. The molecular formula is C6H15N4NaO. The molecule has 0 amide bonds. The second-order valence-corrected chi connectivity index (χ2v) is 2.28. The topological polar surface area (TPSA) is 105 Å². The molecule has 0 aliphatic carbocycles. The first-order valence-electron chi connectivity index (χ1n) is 3.45.